The Morgan fingerprint density at radius 2 is 1.29 bits per heavy atom. The molecule has 2 aliphatic carbocycles. The zero-order chi connectivity index (χ0) is 20.4. The van der Waals surface area contributed by atoms with Gasteiger partial charge in [0.05, 0.1) is 0 Å². The zero-order valence-electron chi connectivity index (χ0n) is 18.0. The van der Waals surface area contributed by atoms with Crippen LogP contribution in [0.5, 0.6) is 0 Å². The van der Waals surface area contributed by atoms with Gasteiger partial charge in [-0.25, -0.2) is 0 Å². The number of ketones is 2. The van der Waals surface area contributed by atoms with Crippen LogP contribution in [-0.4, -0.2) is 23.5 Å². The molecule has 4 rings (SSSR count). The standard InChI is InChI=1S/C25H31NO2/c1-15-9-7-8-10-16(15)21-22-17(11-24(2,3)13-19(22)27)26(6)18-12-25(4,5)14-20(28)23(18)21/h7-10,21H,11-14H2,1-6H3. The quantitative estimate of drug-likeness (QED) is 0.665. The number of carbonyl (C=O) groups excluding carboxylic acids is 2. The SMILES string of the molecule is Cc1ccccc1C1C2=C(CC(C)(C)CC2=O)N(C)C2=C1C(=O)CC(C)(C)C2. The van der Waals surface area contributed by atoms with E-state index in [2.05, 4.69) is 58.7 Å². The van der Waals surface area contributed by atoms with E-state index < -0.39 is 0 Å². The van der Waals surface area contributed by atoms with E-state index in [1.165, 1.54) is 0 Å². The first-order valence-electron chi connectivity index (χ1n) is 10.3. The van der Waals surface area contributed by atoms with Crippen molar-refractivity contribution in [3.63, 3.8) is 0 Å². The van der Waals surface area contributed by atoms with Crippen LogP contribution in [0.15, 0.2) is 46.8 Å². The second-order valence-electron chi connectivity index (χ2n) is 10.5. The largest absolute Gasteiger partial charge is 0.351 e. The number of rotatable bonds is 1. The van der Waals surface area contributed by atoms with Crippen LogP contribution in [0.1, 0.15) is 70.4 Å². The topological polar surface area (TPSA) is 37.4 Å². The lowest BCUT2D eigenvalue weighted by Gasteiger charge is -2.48. The van der Waals surface area contributed by atoms with Crippen molar-refractivity contribution in [1.82, 2.24) is 4.90 Å². The lowest BCUT2D eigenvalue weighted by Crippen LogP contribution is -2.43. The summed E-state index contributed by atoms with van der Waals surface area (Å²) in [6.07, 6.45) is 2.84. The molecule has 0 spiro atoms. The van der Waals surface area contributed by atoms with E-state index in [-0.39, 0.29) is 28.3 Å². The fraction of sp³-hybridized carbons (Fsp3) is 0.520. The van der Waals surface area contributed by atoms with Gasteiger partial charge in [-0.2, -0.15) is 0 Å². The second kappa shape index (κ2) is 6.17. The Labute approximate surface area is 168 Å². The molecule has 3 nitrogen and oxygen atoms in total. The predicted molar refractivity (Wildman–Crippen MR) is 112 cm³/mol. The molecule has 0 N–H and O–H groups in total. The van der Waals surface area contributed by atoms with E-state index in [4.69, 9.17) is 0 Å². The summed E-state index contributed by atoms with van der Waals surface area (Å²) in [6.45, 7) is 10.8. The highest BCUT2D eigenvalue weighted by atomic mass is 16.1. The summed E-state index contributed by atoms with van der Waals surface area (Å²) in [7, 11) is 2.06. The summed E-state index contributed by atoms with van der Waals surface area (Å²) in [5.41, 5.74) is 6.13. The van der Waals surface area contributed by atoms with Crippen molar-refractivity contribution in [3.05, 3.63) is 57.9 Å². The van der Waals surface area contributed by atoms with Crippen LogP contribution >= 0.6 is 0 Å². The maximum atomic E-state index is 13.4. The molecule has 1 heterocycles. The highest BCUT2D eigenvalue weighted by Gasteiger charge is 2.48. The molecule has 3 heteroatoms. The smallest absolute Gasteiger partial charge is 0.162 e. The molecule has 1 aromatic rings. The molecule has 3 aliphatic rings. The molecular formula is C25H31NO2. The highest BCUT2D eigenvalue weighted by molar-refractivity contribution is 6.06. The van der Waals surface area contributed by atoms with Crippen LogP contribution in [0.3, 0.4) is 0 Å². The number of carbonyl (C=O) groups is 2. The van der Waals surface area contributed by atoms with Crippen molar-refractivity contribution < 1.29 is 9.59 Å². The molecule has 28 heavy (non-hydrogen) atoms. The van der Waals surface area contributed by atoms with Gasteiger partial charge in [0, 0.05) is 48.3 Å². The average molecular weight is 378 g/mol. The second-order valence-corrected chi connectivity index (χ2v) is 10.5. The molecule has 1 aliphatic heterocycles. The summed E-state index contributed by atoms with van der Waals surface area (Å²) in [5.74, 6) is 0.195. The van der Waals surface area contributed by atoms with Gasteiger partial charge in [-0.15, -0.1) is 0 Å². The van der Waals surface area contributed by atoms with Crippen LogP contribution < -0.4 is 0 Å². The molecule has 0 unspecified atom stereocenters. The summed E-state index contributed by atoms with van der Waals surface area (Å²) in [4.78, 5) is 28.9. The molecular weight excluding hydrogens is 346 g/mol. The van der Waals surface area contributed by atoms with Crippen LogP contribution in [0, 0.1) is 17.8 Å². The highest BCUT2D eigenvalue weighted by Crippen LogP contribution is 2.54. The van der Waals surface area contributed by atoms with Crippen LogP contribution in [0.2, 0.25) is 0 Å². The fourth-order valence-electron chi connectivity index (χ4n) is 5.39. The maximum Gasteiger partial charge on any atom is 0.162 e. The van der Waals surface area contributed by atoms with Gasteiger partial charge in [0.2, 0.25) is 0 Å². The molecule has 0 saturated heterocycles. The molecule has 1 aromatic carbocycles. The molecule has 0 bridgehead atoms. The predicted octanol–water partition coefficient (Wildman–Crippen LogP) is 5.31. The fourth-order valence-corrected chi connectivity index (χ4v) is 5.39. The summed E-state index contributed by atoms with van der Waals surface area (Å²) in [5, 5.41) is 0. The third-order valence-corrected chi connectivity index (χ3v) is 6.68. The van der Waals surface area contributed by atoms with Gasteiger partial charge in [0.25, 0.3) is 0 Å². The Morgan fingerprint density at radius 3 is 1.75 bits per heavy atom. The number of Topliss-reactive ketones (excluding diaryl/α,β-unsaturated/α-hetero) is 2. The Bertz CT molecular complexity index is 891. The van der Waals surface area contributed by atoms with E-state index in [0.29, 0.717) is 12.8 Å². The van der Waals surface area contributed by atoms with Crippen LogP contribution in [-0.2, 0) is 9.59 Å². The molecule has 0 saturated carbocycles. The third kappa shape index (κ3) is 2.96. The minimum Gasteiger partial charge on any atom is -0.351 e. The molecule has 0 radical (unpaired) electrons. The van der Waals surface area contributed by atoms with Crippen LogP contribution in [0.25, 0.3) is 0 Å². The number of aryl methyl sites for hydroxylation is 1. The first-order chi connectivity index (χ1) is 13.0. The first-order valence-corrected chi connectivity index (χ1v) is 10.3. The van der Waals surface area contributed by atoms with Gasteiger partial charge in [-0.3, -0.25) is 9.59 Å². The Morgan fingerprint density at radius 1 is 0.821 bits per heavy atom. The van der Waals surface area contributed by atoms with Crippen molar-refractivity contribution in [2.24, 2.45) is 10.8 Å². The van der Waals surface area contributed by atoms with Crippen molar-refractivity contribution in [3.8, 4) is 0 Å². The van der Waals surface area contributed by atoms with E-state index in [9.17, 15) is 9.59 Å². The van der Waals surface area contributed by atoms with E-state index in [0.717, 1.165) is 46.5 Å². The first kappa shape index (κ1) is 19.2. The van der Waals surface area contributed by atoms with Gasteiger partial charge in [-0.1, -0.05) is 52.0 Å². The molecule has 0 atom stereocenters. The van der Waals surface area contributed by atoms with Crippen LogP contribution in [0.4, 0.5) is 0 Å². The van der Waals surface area contributed by atoms with Gasteiger partial charge in [0.1, 0.15) is 0 Å². The molecule has 0 fully saturated rings. The van der Waals surface area contributed by atoms with E-state index in [1.807, 2.05) is 12.1 Å². The Balaban J connectivity index is 1.99. The third-order valence-electron chi connectivity index (χ3n) is 6.68. The van der Waals surface area contributed by atoms with Gasteiger partial charge >= 0.3 is 0 Å². The minimum atomic E-state index is -0.213. The minimum absolute atomic E-state index is 0.0489. The lowest BCUT2D eigenvalue weighted by molar-refractivity contribution is -0.119. The summed E-state index contributed by atoms with van der Waals surface area (Å²) >= 11 is 0. The normalized spacial score (nSPS) is 24.4. The molecule has 0 aromatic heterocycles. The van der Waals surface area contributed by atoms with Crippen molar-refractivity contribution in [1.29, 1.82) is 0 Å². The van der Waals surface area contributed by atoms with Crippen molar-refractivity contribution >= 4 is 11.6 Å². The number of benzene rings is 1. The Hall–Kier alpha value is -2.16. The number of allylic oxidation sites excluding steroid dienone is 4. The van der Waals surface area contributed by atoms with Crippen molar-refractivity contribution in [2.75, 3.05) is 7.05 Å². The number of hydrogen-bond acceptors (Lipinski definition) is 3. The zero-order valence-corrected chi connectivity index (χ0v) is 18.0. The van der Waals surface area contributed by atoms with E-state index >= 15 is 0 Å². The maximum absolute atomic E-state index is 13.4. The van der Waals surface area contributed by atoms with Gasteiger partial charge < -0.3 is 4.90 Å². The van der Waals surface area contributed by atoms with E-state index in [1.54, 1.807) is 0 Å². The molecule has 0 amide bonds. The molecule has 148 valence electrons. The number of nitrogens with zero attached hydrogens (tertiary/aromatic N) is 1. The summed E-state index contributed by atoms with van der Waals surface area (Å²) in [6, 6.07) is 8.23. The lowest BCUT2D eigenvalue weighted by atomic mass is 9.63. The monoisotopic (exact) mass is 377 g/mol. The van der Waals surface area contributed by atoms with Crippen molar-refractivity contribution in [2.45, 2.75) is 66.2 Å². The summed E-state index contributed by atoms with van der Waals surface area (Å²) < 4.78 is 0. The number of hydrogen-bond donors (Lipinski definition) is 0. The average Bonchev–Trinajstić information content (AvgIpc) is 2.56. The Kier molecular flexibility index (Phi) is 4.22. The van der Waals surface area contributed by atoms with Gasteiger partial charge in [-0.05, 0) is 41.7 Å². The van der Waals surface area contributed by atoms with Gasteiger partial charge in [0.15, 0.2) is 11.6 Å².